The van der Waals surface area contributed by atoms with Gasteiger partial charge >= 0.3 is 0 Å². The molecule has 0 spiro atoms. The third-order valence-corrected chi connectivity index (χ3v) is 3.58. The van der Waals surface area contributed by atoms with Gasteiger partial charge in [-0.25, -0.2) is 9.37 Å². The summed E-state index contributed by atoms with van der Waals surface area (Å²) in [4.78, 5) is 4.39. The van der Waals surface area contributed by atoms with Gasteiger partial charge in [0.2, 0.25) is 0 Å². The Labute approximate surface area is 128 Å². The molecule has 3 rings (SSSR count). The lowest BCUT2D eigenvalue weighted by Crippen LogP contribution is -2.24. The Morgan fingerprint density at radius 3 is 2.82 bits per heavy atom. The maximum atomic E-state index is 13.6. The molecule has 0 aliphatic rings. The summed E-state index contributed by atoms with van der Waals surface area (Å²) in [6, 6.07) is 10.2. The Bertz CT molecular complexity index is 763. The predicted octanol–water partition coefficient (Wildman–Crippen LogP) is 3.34. The van der Waals surface area contributed by atoms with E-state index in [0.29, 0.717) is 6.54 Å². The van der Waals surface area contributed by atoms with Crippen LogP contribution in [-0.2, 0) is 13.6 Å². The maximum absolute atomic E-state index is 13.6. The number of nitrogens with zero attached hydrogens (tertiary/aromatic N) is 2. The fraction of sp³-hybridized carbons (Fsp3) is 0.235. The number of nitrogens with one attached hydrogen (secondary N) is 1. The number of benzene rings is 1. The van der Waals surface area contributed by atoms with Gasteiger partial charge in [0.1, 0.15) is 23.2 Å². The lowest BCUT2D eigenvalue weighted by molar-refractivity contribution is 0.443. The van der Waals surface area contributed by atoms with Crippen molar-refractivity contribution in [3.63, 3.8) is 0 Å². The standard InChI is InChI=1S/C17H18FN3O/c1-12-6-7-15(22-12)11-20-16(17-19-8-9-21(17)2)13-4-3-5-14(18)10-13/h3-10,16,20H,11H2,1-2H3/t16-/m1/s1. The minimum atomic E-state index is -0.257. The Morgan fingerprint density at radius 2 is 2.18 bits per heavy atom. The van der Waals surface area contributed by atoms with E-state index in [9.17, 15) is 4.39 Å². The SMILES string of the molecule is Cc1ccc(CN[C@H](c2cccc(F)c2)c2nccn2C)o1. The van der Waals surface area contributed by atoms with Gasteiger partial charge in [-0.1, -0.05) is 12.1 Å². The molecule has 0 aliphatic heterocycles. The zero-order valence-electron chi connectivity index (χ0n) is 12.6. The van der Waals surface area contributed by atoms with Gasteiger partial charge < -0.3 is 8.98 Å². The van der Waals surface area contributed by atoms with Crippen molar-refractivity contribution in [2.24, 2.45) is 7.05 Å². The minimum Gasteiger partial charge on any atom is -0.465 e. The van der Waals surface area contributed by atoms with Gasteiger partial charge in [-0.2, -0.15) is 0 Å². The molecule has 1 aromatic carbocycles. The van der Waals surface area contributed by atoms with Crippen molar-refractivity contribution in [2.75, 3.05) is 0 Å². The first kappa shape index (κ1) is 14.5. The molecule has 0 radical (unpaired) electrons. The van der Waals surface area contributed by atoms with Crippen LogP contribution in [0.3, 0.4) is 0 Å². The van der Waals surface area contributed by atoms with Gasteiger partial charge in [0.15, 0.2) is 0 Å². The molecule has 0 fully saturated rings. The highest BCUT2D eigenvalue weighted by atomic mass is 19.1. The van der Waals surface area contributed by atoms with E-state index in [-0.39, 0.29) is 11.9 Å². The summed E-state index contributed by atoms with van der Waals surface area (Å²) in [5.41, 5.74) is 0.831. The number of rotatable bonds is 5. The topological polar surface area (TPSA) is 43.0 Å². The number of aromatic nitrogens is 2. The quantitative estimate of drug-likeness (QED) is 0.785. The Kier molecular flexibility index (Phi) is 4.06. The molecular formula is C17H18FN3O. The average molecular weight is 299 g/mol. The summed E-state index contributed by atoms with van der Waals surface area (Å²) in [6.45, 7) is 2.45. The van der Waals surface area contributed by atoms with Crippen molar-refractivity contribution < 1.29 is 8.81 Å². The van der Waals surface area contributed by atoms with Crippen molar-refractivity contribution in [1.82, 2.24) is 14.9 Å². The monoisotopic (exact) mass is 299 g/mol. The number of hydrogen-bond donors (Lipinski definition) is 1. The Hall–Kier alpha value is -2.40. The fourth-order valence-corrected chi connectivity index (χ4v) is 2.48. The summed E-state index contributed by atoms with van der Waals surface area (Å²) >= 11 is 0. The summed E-state index contributed by atoms with van der Waals surface area (Å²) in [5.74, 6) is 2.28. The van der Waals surface area contributed by atoms with Crippen LogP contribution in [0.2, 0.25) is 0 Å². The number of halogens is 1. The third kappa shape index (κ3) is 3.09. The molecule has 2 heterocycles. The molecule has 0 aliphatic carbocycles. The molecule has 3 aromatic rings. The van der Waals surface area contributed by atoms with Gasteiger partial charge in [0.05, 0.1) is 12.6 Å². The van der Waals surface area contributed by atoms with Crippen molar-refractivity contribution in [1.29, 1.82) is 0 Å². The number of hydrogen-bond acceptors (Lipinski definition) is 3. The lowest BCUT2D eigenvalue weighted by Gasteiger charge is -2.18. The Morgan fingerprint density at radius 1 is 1.32 bits per heavy atom. The smallest absolute Gasteiger partial charge is 0.130 e. The van der Waals surface area contributed by atoms with Crippen molar-refractivity contribution >= 4 is 0 Å². The van der Waals surface area contributed by atoms with Crippen LogP contribution in [0.4, 0.5) is 4.39 Å². The van der Waals surface area contributed by atoms with Crippen LogP contribution in [0.15, 0.2) is 53.2 Å². The molecule has 5 heteroatoms. The van der Waals surface area contributed by atoms with E-state index in [1.165, 1.54) is 12.1 Å². The minimum absolute atomic E-state index is 0.207. The number of imidazole rings is 1. The molecule has 22 heavy (non-hydrogen) atoms. The molecule has 4 nitrogen and oxygen atoms in total. The molecule has 1 atom stereocenters. The first-order valence-corrected chi connectivity index (χ1v) is 7.15. The van der Waals surface area contributed by atoms with E-state index in [2.05, 4.69) is 10.3 Å². The van der Waals surface area contributed by atoms with Crippen molar-refractivity contribution in [2.45, 2.75) is 19.5 Å². The van der Waals surface area contributed by atoms with E-state index in [0.717, 1.165) is 22.9 Å². The van der Waals surface area contributed by atoms with Crippen LogP contribution in [-0.4, -0.2) is 9.55 Å². The molecular weight excluding hydrogens is 281 g/mol. The first-order valence-electron chi connectivity index (χ1n) is 7.15. The largest absolute Gasteiger partial charge is 0.465 e. The predicted molar refractivity (Wildman–Crippen MR) is 81.7 cm³/mol. The molecule has 1 N–H and O–H groups in total. The van der Waals surface area contributed by atoms with E-state index in [1.807, 2.05) is 42.9 Å². The zero-order chi connectivity index (χ0) is 15.5. The highest BCUT2D eigenvalue weighted by Crippen LogP contribution is 2.22. The van der Waals surface area contributed by atoms with Crippen LogP contribution < -0.4 is 5.32 Å². The van der Waals surface area contributed by atoms with Gasteiger partial charge in [0, 0.05) is 19.4 Å². The normalized spacial score (nSPS) is 12.5. The van der Waals surface area contributed by atoms with Crippen LogP contribution in [0.1, 0.15) is 29.0 Å². The van der Waals surface area contributed by atoms with Crippen molar-refractivity contribution in [3.05, 3.63) is 77.5 Å². The highest BCUT2D eigenvalue weighted by Gasteiger charge is 2.18. The average Bonchev–Trinajstić information content (AvgIpc) is 3.09. The molecule has 0 bridgehead atoms. The van der Waals surface area contributed by atoms with E-state index in [1.54, 1.807) is 12.3 Å². The second-order valence-electron chi connectivity index (χ2n) is 5.28. The molecule has 114 valence electrons. The first-order chi connectivity index (χ1) is 10.6. The highest BCUT2D eigenvalue weighted by molar-refractivity contribution is 5.26. The molecule has 0 saturated heterocycles. The van der Waals surface area contributed by atoms with E-state index < -0.39 is 0 Å². The number of furan rings is 1. The fourth-order valence-electron chi connectivity index (χ4n) is 2.48. The molecule has 0 amide bonds. The summed E-state index contributed by atoms with van der Waals surface area (Å²) in [7, 11) is 1.92. The molecule has 0 unspecified atom stereocenters. The van der Waals surface area contributed by atoms with Gasteiger partial charge in [-0.3, -0.25) is 5.32 Å². The molecule has 2 aromatic heterocycles. The second-order valence-corrected chi connectivity index (χ2v) is 5.28. The van der Waals surface area contributed by atoms with E-state index >= 15 is 0 Å². The maximum Gasteiger partial charge on any atom is 0.130 e. The number of aryl methyl sites for hydroxylation is 2. The van der Waals surface area contributed by atoms with Crippen LogP contribution in [0, 0.1) is 12.7 Å². The van der Waals surface area contributed by atoms with E-state index in [4.69, 9.17) is 4.42 Å². The van der Waals surface area contributed by atoms with Crippen LogP contribution in [0.25, 0.3) is 0 Å². The zero-order valence-corrected chi connectivity index (χ0v) is 12.6. The van der Waals surface area contributed by atoms with Gasteiger partial charge in [0.25, 0.3) is 0 Å². The van der Waals surface area contributed by atoms with Crippen molar-refractivity contribution in [3.8, 4) is 0 Å². The van der Waals surface area contributed by atoms with Gasteiger partial charge in [-0.05, 0) is 36.8 Å². The van der Waals surface area contributed by atoms with Gasteiger partial charge in [-0.15, -0.1) is 0 Å². The second kappa shape index (κ2) is 6.15. The van der Waals surface area contributed by atoms with Crippen LogP contribution in [0.5, 0.6) is 0 Å². The van der Waals surface area contributed by atoms with Crippen LogP contribution >= 0.6 is 0 Å². The third-order valence-electron chi connectivity index (χ3n) is 3.58. The Balaban J connectivity index is 1.88. The summed E-state index contributed by atoms with van der Waals surface area (Å²) in [6.07, 6.45) is 3.61. The lowest BCUT2D eigenvalue weighted by atomic mass is 10.1. The molecule has 0 saturated carbocycles. The summed E-state index contributed by atoms with van der Waals surface area (Å²) < 4.78 is 21.1. The summed E-state index contributed by atoms with van der Waals surface area (Å²) in [5, 5.41) is 3.39.